The summed E-state index contributed by atoms with van der Waals surface area (Å²) < 4.78 is 1.99. The number of likely N-dealkylation sites (tertiary alicyclic amines) is 1. The fourth-order valence-corrected chi connectivity index (χ4v) is 4.37. The summed E-state index contributed by atoms with van der Waals surface area (Å²) in [6, 6.07) is 14.0. The van der Waals surface area contributed by atoms with Gasteiger partial charge < -0.3 is 10.0 Å². The Balaban J connectivity index is 1.36. The van der Waals surface area contributed by atoms with Crippen molar-refractivity contribution in [3.05, 3.63) is 65.4 Å². The van der Waals surface area contributed by atoms with Gasteiger partial charge in [-0.1, -0.05) is 41.9 Å². The molecular weight excluding hydrogens is 358 g/mol. The van der Waals surface area contributed by atoms with Crippen molar-refractivity contribution in [3.8, 4) is 0 Å². The second kappa shape index (κ2) is 8.01. The van der Waals surface area contributed by atoms with Crippen LogP contribution in [0.15, 0.2) is 54.9 Å². The van der Waals surface area contributed by atoms with Gasteiger partial charge in [-0.3, -0.25) is 4.68 Å². The van der Waals surface area contributed by atoms with E-state index in [1.54, 1.807) is 0 Å². The lowest BCUT2D eigenvalue weighted by atomic mass is 9.82. The fourth-order valence-electron chi connectivity index (χ4n) is 4.14. The number of halogens is 1. The van der Waals surface area contributed by atoms with Crippen LogP contribution < -0.4 is 0 Å². The first-order chi connectivity index (χ1) is 13.2. The molecule has 0 spiro atoms. The molecule has 0 aliphatic carbocycles. The van der Waals surface area contributed by atoms with Gasteiger partial charge in [0.15, 0.2) is 0 Å². The van der Waals surface area contributed by atoms with E-state index >= 15 is 0 Å². The smallest absolute Gasteiger partial charge is 0.0926 e. The van der Waals surface area contributed by atoms with Crippen LogP contribution in [-0.4, -0.2) is 39.4 Å². The van der Waals surface area contributed by atoms with Gasteiger partial charge in [-0.05, 0) is 55.3 Å². The molecule has 4 nitrogen and oxygen atoms in total. The SMILES string of the molecule is OC1(c2cccc3c(Cl)cccc23)CCN(CCCCn2cccn2)CC1. The van der Waals surface area contributed by atoms with Crippen LogP contribution in [0, 0.1) is 0 Å². The Morgan fingerprint density at radius 2 is 1.70 bits per heavy atom. The molecule has 0 amide bonds. The molecule has 0 atom stereocenters. The average molecular weight is 384 g/mol. The molecule has 2 aromatic carbocycles. The quantitative estimate of drug-likeness (QED) is 0.639. The molecule has 1 saturated heterocycles. The lowest BCUT2D eigenvalue weighted by molar-refractivity contribution is -0.0249. The van der Waals surface area contributed by atoms with Crippen molar-refractivity contribution in [2.75, 3.05) is 19.6 Å². The van der Waals surface area contributed by atoms with Crippen molar-refractivity contribution in [1.29, 1.82) is 0 Å². The summed E-state index contributed by atoms with van der Waals surface area (Å²) in [5.74, 6) is 0. The molecule has 2 heterocycles. The van der Waals surface area contributed by atoms with Gasteiger partial charge in [-0.25, -0.2) is 0 Å². The van der Waals surface area contributed by atoms with E-state index in [2.05, 4.69) is 22.1 Å². The van der Waals surface area contributed by atoms with Crippen LogP contribution in [0.3, 0.4) is 0 Å². The number of fused-ring (bicyclic) bond motifs is 1. The van der Waals surface area contributed by atoms with Crippen LogP contribution in [0.5, 0.6) is 0 Å². The van der Waals surface area contributed by atoms with E-state index < -0.39 is 5.60 Å². The van der Waals surface area contributed by atoms with E-state index in [0.29, 0.717) is 0 Å². The molecule has 3 aromatic rings. The zero-order valence-corrected chi connectivity index (χ0v) is 16.3. The highest BCUT2D eigenvalue weighted by atomic mass is 35.5. The second-order valence-electron chi connectivity index (χ2n) is 7.49. The normalized spacial score (nSPS) is 17.4. The standard InChI is InChI=1S/C22H26ClN3O/c23-21-9-4-6-18-19(21)7-3-8-20(18)22(27)10-16-25(17-11-22)13-1-2-14-26-15-5-12-24-26/h3-9,12,15,27H,1-2,10-11,13-14,16-17H2. The Bertz CT molecular complexity index is 886. The molecule has 142 valence electrons. The molecule has 0 radical (unpaired) electrons. The molecule has 1 fully saturated rings. The minimum atomic E-state index is -0.768. The number of piperidine rings is 1. The van der Waals surface area contributed by atoms with E-state index in [0.717, 1.165) is 73.2 Å². The number of hydrogen-bond donors (Lipinski definition) is 1. The highest BCUT2D eigenvalue weighted by Crippen LogP contribution is 2.38. The van der Waals surface area contributed by atoms with Gasteiger partial charge >= 0.3 is 0 Å². The summed E-state index contributed by atoms with van der Waals surface area (Å²) in [4.78, 5) is 2.47. The Kier molecular flexibility index (Phi) is 5.48. The Morgan fingerprint density at radius 3 is 2.48 bits per heavy atom. The molecule has 1 aromatic heterocycles. The molecule has 27 heavy (non-hydrogen) atoms. The van der Waals surface area contributed by atoms with Crippen molar-refractivity contribution in [1.82, 2.24) is 14.7 Å². The van der Waals surface area contributed by atoms with Crippen LogP contribution in [0.25, 0.3) is 10.8 Å². The number of unbranched alkanes of at least 4 members (excludes halogenated alkanes) is 1. The number of hydrogen-bond acceptors (Lipinski definition) is 3. The van der Waals surface area contributed by atoms with Gasteiger partial charge in [0, 0.05) is 42.4 Å². The van der Waals surface area contributed by atoms with Crippen molar-refractivity contribution in [2.24, 2.45) is 0 Å². The van der Waals surface area contributed by atoms with Gasteiger partial charge in [0.2, 0.25) is 0 Å². The lowest BCUT2D eigenvalue weighted by Gasteiger charge is -2.39. The first kappa shape index (κ1) is 18.5. The molecule has 4 rings (SSSR count). The summed E-state index contributed by atoms with van der Waals surface area (Å²) in [6.45, 7) is 3.91. The van der Waals surface area contributed by atoms with Gasteiger partial charge in [-0.2, -0.15) is 5.10 Å². The van der Waals surface area contributed by atoms with Crippen molar-refractivity contribution >= 4 is 22.4 Å². The minimum absolute atomic E-state index is 0.743. The van der Waals surface area contributed by atoms with Gasteiger partial charge in [0.05, 0.1) is 5.60 Å². The van der Waals surface area contributed by atoms with Crippen molar-refractivity contribution in [3.63, 3.8) is 0 Å². The summed E-state index contributed by atoms with van der Waals surface area (Å²) in [5.41, 5.74) is 0.247. The van der Waals surface area contributed by atoms with Crippen molar-refractivity contribution < 1.29 is 5.11 Å². The number of rotatable bonds is 6. The third-order valence-corrected chi connectivity index (χ3v) is 6.05. The highest BCUT2D eigenvalue weighted by molar-refractivity contribution is 6.35. The Labute approximate surface area is 165 Å². The maximum absolute atomic E-state index is 11.4. The van der Waals surface area contributed by atoms with Crippen LogP contribution in [0.1, 0.15) is 31.2 Å². The van der Waals surface area contributed by atoms with Crippen LogP contribution in [-0.2, 0) is 12.1 Å². The highest BCUT2D eigenvalue weighted by Gasteiger charge is 2.35. The average Bonchev–Trinajstić information content (AvgIpc) is 3.20. The molecule has 0 saturated carbocycles. The number of aromatic nitrogens is 2. The number of aliphatic hydroxyl groups is 1. The van der Waals surface area contributed by atoms with Crippen molar-refractivity contribution in [2.45, 2.75) is 37.8 Å². The first-order valence-electron chi connectivity index (χ1n) is 9.76. The summed E-state index contributed by atoms with van der Waals surface area (Å²) in [7, 11) is 0. The topological polar surface area (TPSA) is 41.3 Å². The second-order valence-corrected chi connectivity index (χ2v) is 7.90. The lowest BCUT2D eigenvalue weighted by Crippen LogP contribution is -2.43. The molecular formula is C22H26ClN3O. The maximum atomic E-state index is 11.4. The first-order valence-corrected chi connectivity index (χ1v) is 10.1. The fraction of sp³-hybridized carbons (Fsp3) is 0.409. The Hall–Kier alpha value is -1.88. The third kappa shape index (κ3) is 4.03. The number of nitrogens with zero attached hydrogens (tertiary/aromatic N) is 3. The van der Waals surface area contributed by atoms with E-state index in [-0.39, 0.29) is 0 Å². The summed E-state index contributed by atoms with van der Waals surface area (Å²) in [5, 5.41) is 18.4. The van der Waals surface area contributed by atoms with E-state index in [9.17, 15) is 5.11 Å². The van der Waals surface area contributed by atoms with Crippen LogP contribution in [0.2, 0.25) is 5.02 Å². The third-order valence-electron chi connectivity index (χ3n) is 5.72. The number of aryl methyl sites for hydroxylation is 1. The molecule has 1 aliphatic heterocycles. The maximum Gasteiger partial charge on any atom is 0.0926 e. The van der Waals surface area contributed by atoms with Crippen LogP contribution >= 0.6 is 11.6 Å². The van der Waals surface area contributed by atoms with E-state index in [1.165, 1.54) is 0 Å². The van der Waals surface area contributed by atoms with Crippen LogP contribution in [0.4, 0.5) is 0 Å². The summed E-state index contributed by atoms with van der Waals surface area (Å²) >= 11 is 6.35. The predicted molar refractivity (Wildman–Crippen MR) is 110 cm³/mol. The zero-order chi connectivity index (χ0) is 18.7. The molecule has 5 heteroatoms. The molecule has 1 N–H and O–H groups in total. The van der Waals surface area contributed by atoms with E-state index in [4.69, 9.17) is 11.6 Å². The Morgan fingerprint density at radius 1 is 0.963 bits per heavy atom. The minimum Gasteiger partial charge on any atom is -0.385 e. The van der Waals surface area contributed by atoms with Gasteiger partial charge in [-0.15, -0.1) is 0 Å². The predicted octanol–water partition coefficient (Wildman–Crippen LogP) is 4.45. The van der Waals surface area contributed by atoms with Gasteiger partial charge in [0.25, 0.3) is 0 Å². The molecule has 1 aliphatic rings. The zero-order valence-electron chi connectivity index (χ0n) is 15.5. The molecule has 0 bridgehead atoms. The van der Waals surface area contributed by atoms with E-state index in [1.807, 2.05) is 47.4 Å². The monoisotopic (exact) mass is 383 g/mol. The van der Waals surface area contributed by atoms with Gasteiger partial charge in [0.1, 0.15) is 0 Å². The largest absolute Gasteiger partial charge is 0.385 e. The molecule has 0 unspecified atom stereocenters. The summed E-state index contributed by atoms with van der Waals surface area (Å²) in [6.07, 6.45) is 7.64. The number of benzene rings is 2.